The van der Waals surface area contributed by atoms with Gasteiger partial charge in [-0.25, -0.2) is 4.98 Å². The predicted molar refractivity (Wildman–Crippen MR) is 260 cm³/mol. The molecule has 0 spiro atoms. The fraction of sp³-hybridized carbons (Fsp3) is 0. The van der Waals surface area contributed by atoms with Crippen LogP contribution in [0.25, 0.3) is 78.4 Å². The first-order valence-corrected chi connectivity index (χ1v) is 20.9. The van der Waals surface area contributed by atoms with Gasteiger partial charge in [-0.3, -0.25) is 20.8 Å². The summed E-state index contributed by atoms with van der Waals surface area (Å²) in [6.07, 6.45) is 7.62. The average molecular weight is 809 g/mol. The summed E-state index contributed by atoms with van der Waals surface area (Å²) in [5.41, 5.74) is 20.0. The van der Waals surface area contributed by atoms with Crippen LogP contribution < -0.4 is 5.43 Å². The normalized spacial score (nSPS) is 13.0. The molecule has 10 rings (SSSR count). The minimum atomic E-state index is 0.275. The molecule has 298 valence electrons. The van der Waals surface area contributed by atoms with Gasteiger partial charge >= 0.3 is 0 Å². The van der Waals surface area contributed by atoms with Crippen LogP contribution >= 0.6 is 0 Å². The number of hydrogen-bond acceptors (Lipinski definition) is 6. The van der Waals surface area contributed by atoms with Crippen LogP contribution in [0, 0.1) is 5.41 Å². The number of aromatic nitrogens is 3. The van der Waals surface area contributed by atoms with E-state index in [4.69, 9.17) is 10.1 Å². The molecule has 0 aliphatic heterocycles. The number of hydrogen-bond donors (Lipinski definition) is 2. The molecule has 6 aromatic carbocycles. The Morgan fingerprint density at radius 2 is 0.762 bits per heavy atom. The van der Waals surface area contributed by atoms with Crippen molar-refractivity contribution in [3.05, 3.63) is 242 Å². The van der Waals surface area contributed by atoms with E-state index in [2.05, 4.69) is 155 Å². The molecule has 3 aromatic heterocycles. The van der Waals surface area contributed by atoms with Crippen molar-refractivity contribution < 1.29 is 0 Å². The fourth-order valence-electron chi connectivity index (χ4n) is 7.91. The number of pyridine rings is 3. The SMILES string of the molecule is N=C1C=C(c2cc(-c3ccccc3)cc(-c3ccccc3)c2)C=C(c2cc(-c3ccccc3)cc(-c3ccccc3)c2)/C1=N/Nc1cc(-c2ccccn2)nc(-c2ccccn2)c1. The molecule has 63 heavy (non-hydrogen) atoms. The summed E-state index contributed by atoms with van der Waals surface area (Å²) in [5.74, 6) is 0. The second-order valence-electron chi connectivity index (χ2n) is 15.3. The Balaban J connectivity index is 1.15. The molecule has 0 saturated carbocycles. The highest BCUT2D eigenvalue weighted by molar-refractivity contribution is 6.62. The zero-order chi connectivity index (χ0) is 42.4. The van der Waals surface area contributed by atoms with Crippen LogP contribution in [0.4, 0.5) is 5.69 Å². The van der Waals surface area contributed by atoms with Gasteiger partial charge < -0.3 is 0 Å². The first kappa shape index (κ1) is 38.6. The molecule has 0 bridgehead atoms. The van der Waals surface area contributed by atoms with Gasteiger partial charge in [-0.05, 0) is 146 Å². The number of nitrogens with zero attached hydrogens (tertiary/aromatic N) is 4. The lowest BCUT2D eigenvalue weighted by atomic mass is 9.84. The number of benzene rings is 6. The summed E-state index contributed by atoms with van der Waals surface area (Å²) >= 11 is 0. The van der Waals surface area contributed by atoms with Crippen molar-refractivity contribution in [1.82, 2.24) is 15.0 Å². The smallest absolute Gasteiger partial charge is 0.116 e. The molecule has 1 aliphatic rings. The predicted octanol–water partition coefficient (Wildman–Crippen LogP) is 13.8. The van der Waals surface area contributed by atoms with Gasteiger partial charge in [-0.2, -0.15) is 5.10 Å². The van der Waals surface area contributed by atoms with E-state index in [1.807, 2.05) is 78.9 Å². The summed E-state index contributed by atoms with van der Waals surface area (Å²) in [4.78, 5) is 14.1. The van der Waals surface area contributed by atoms with E-state index >= 15 is 0 Å². The van der Waals surface area contributed by atoms with Crippen LogP contribution in [0.15, 0.2) is 236 Å². The van der Waals surface area contributed by atoms with Gasteiger partial charge in [0.2, 0.25) is 0 Å². The van der Waals surface area contributed by atoms with Gasteiger partial charge in [0.15, 0.2) is 0 Å². The Hall–Kier alpha value is -8.61. The summed E-state index contributed by atoms with van der Waals surface area (Å²) in [7, 11) is 0. The van der Waals surface area contributed by atoms with E-state index in [1.165, 1.54) is 0 Å². The number of allylic oxidation sites excluding steroid dienone is 4. The minimum Gasteiger partial charge on any atom is -0.299 e. The molecular weight excluding hydrogens is 769 g/mol. The summed E-state index contributed by atoms with van der Waals surface area (Å²) < 4.78 is 0. The zero-order valence-corrected chi connectivity index (χ0v) is 34.2. The number of nitrogens with one attached hydrogen (secondary N) is 2. The first-order valence-electron chi connectivity index (χ1n) is 20.9. The Bertz CT molecular complexity index is 2990. The van der Waals surface area contributed by atoms with Crippen molar-refractivity contribution >= 4 is 28.3 Å². The first-order chi connectivity index (χ1) is 31.1. The van der Waals surface area contributed by atoms with Crippen molar-refractivity contribution in [1.29, 1.82) is 5.41 Å². The van der Waals surface area contributed by atoms with Crippen molar-refractivity contribution in [3.63, 3.8) is 0 Å². The molecule has 0 unspecified atom stereocenters. The highest BCUT2D eigenvalue weighted by atomic mass is 15.3. The van der Waals surface area contributed by atoms with E-state index in [-0.39, 0.29) is 5.71 Å². The van der Waals surface area contributed by atoms with Gasteiger partial charge in [0.1, 0.15) is 5.71 Å². The lowest BCUT2D eigenvalue weighted by Gasteiger charge is -2.21. The third-order valence-corrected chi connectivity index (χ3v) is 11.0. The maximum absolute atomic E-state index is 9.78. The van der Waals surface area contributed by atoms with Crippen molar-refractivity contribution in [2.45, 2.75) is 0 Å². The summed E-state index contributed by atoms with van der Waals surface area (Å²) in [6, 6.07) is 70.5. The lowest BCUT2D eigenvalue weighted by Crippen LogP contribution is -2.19. The van der Waals surface area contributed by atoms with Crippen LogP contribution in [0.3, 0.4) is 0 Å². The van der Waals surface area contributed by atoms with Crippen molar-refractivity contribution in [2.24, 2.45) is 5.10 Å². The third kappa shape index (κ3) is 8.55. The molecule has 0 atom stereocenters. The van der Waals surface area contributed by atoms with Crippen molar-refractivity contribution in [2.75, 3.05) is 5.43 Å². The molecule has 0 fully saturated rings. The molecule has 6 heteroatoms. The lowest BCUT2D eigenvalue weighted by molar-refractivity contribution is 1.21. The molecule has 3 heterocycles. The monoisotopic (exact) mass is 808 g/mol. The standard InChI is InChI=1S/C57H40N6/c58-52-36-48(47-31-43(39-17-5-1-6-18-39)29-44(32-47)40-19-7-2-8-20-40)35-51(49-33-45(41-21-9-3-10-22-41)30-46(34-49)42-23-11-4-12-24-42)57(52)63-62-50-37-55(53-25-13-15-27-59-53)61-56(38-50)54-26-14-16-28-60-54/h1-38,58H,(H,61,62)/b58-52?,63-57-. The highest BCUT2D eigenvalue weighted by Crippen LogP contribution is 2.38. The van der Waals surface area contributed by atoms with Crippen molar-refractivity contribution in [3.8, 4) is 67.3 Å². The molecule has 9 aromatic rings. The number of hydrazone groups is 1. The van der Waals surface area contributed by atoms with Crippen LogP contribution in [0.2, 0.25) is 0 Å². The van der Waals surface area contributed by atoms with E-state index in [0.717, 1.165) is 78.2 Å². The Morgan fingerprint density at radius 3 is 1.17 bits per heavy atom. The molecule has 0 saturated heterocycles. The van der Waals surface area contributed by atoms with Crippen LogP contribution in [-0.2, 0) is 0 Å². The molecule has 6 nitrogen and oxygen atoms in total. The van der Waals surface area contributed by atoms with Gasteiger partial charge in [0.05, 0.1) is 34.2 Å². The fourth-order valence-corrected chi connectivity index (χ4v) is 7.91. The highest BCUT2D eigenvalue weighted by Gasteiger charge is 2.23. The molecule has 0 amide bonds. The van der Waals surface area contributed by atoms with Crippen LogP contribution in [0.1, 0.15) is 11.1 Å². The van der Waals surface area contributed by atoms with E-state index in [1.54, 1.807) is 12.4 Å². The largest absolute Gasteiger partial charge is 0.299 e. The van der Waals surface area contributed by atoms with E-state index < -0.39 is 0 Å². The van der Waals surface area contributed by atoms with Crippen LogP contribution in [-0.4, -0.2) is 26.4 Å². The maximum atomic E-state index is 9.78. The maximum Gasteiger partial charge on any atom is 0.116 e. The average Bonchev–Trinajstić information content (AvgIpc) is 3.37. The van der Waals surface area contributed by atoms with Crippen LogP contribution in [0.5, 0.6) is 0 Å². The summed E-state index contributed by atoms with van der Waals surface area (Å²) in [6.45, 7) is 0. The van der Waals surface area contributed by atoms with Gasteiger partial charge in [-0.15, -0.1) is 0 Å². The summed E-state index contributed by atoms with van der Waals surface area (Å²) in [5, 5.41) is 14.9. The third-order valence-electron chi connectivity index (χ3n) is 11.0. The Labute approximate surface area is 366 Å². The number of rotatable bonds is 10. The second kappa shape index (κ2) is 17.5. The van der Waals surface area contributed by atoms with Gasteiger partial charge in [0, 0.05) is 18.0 Å². The Morgan fingerprint density at radius 1 is 0.365 bits per heavy atom. The Kier molecular flexibility index (Phi) is 10.7. The molecule has 1 aliphatic carbocycles. The molecular formula is C57H40N6. The number of anilines is 1. The zero-order valence-electron chi connectivity index (χ0n) is 34.2. The topological polar surface area (TPSA) is 86.9 Å². The van der Waals surface area contributed by atoms with E-state index in [9.17, 15) is 5.41 Å². The van der Waals surface area contributed by atoms with Gasteiger partial charge in [-0.1, -0.05) is 133 Å². The van der Waals surface area contributed by atoms with Gasteiger partial charge in [0.25, 0.3) is 0 Å². The second-order valence-corrected chi connectivity index (χ2v) is 15.3. The molecule has 2 N–H and O–H groups in total. The minimum absolute atomic E-state index is 0.275. The molecule has 0 radical (unpaired) electrons. The van der Waals surface area contributed by atoms with E-state index in [0.29, 0.717) is 22.8 Å². The quantitative estimate of drug-likeness (QED) is 0.106.